The summed E-state index contributed by atoms with van der Waals surface area (Å²) in [5.41, 5.74) is 5.81. The number of benzene rings is 1. The highest BCUT2D eigenvalue weighted by atomic mass is 16.1. The first-order chi connectivity index (χ1) is 8.63. The second-order valence-electron chi connectivity index (χ2n) is 5.33. The molecule has 0 saturated heterocycles. The first-order valence-electron chi connectivity index (χ1n) is 6.76. The second kappa shape index (κ2) is 5.53. The smallest absolute Gasteiger partial charge is 0.242 e. The average molecular weight is 246 g/mol. The maximum atomic E-state index is 11.9. The van der Waals surface area contributed by atoms with Crippen molar-refractivity contribution in [2.75, 3.05) is 0 Å². The molecule has 0 bridgehead atoms. The molecule has 1 unspecified atom stereocenters. The van der Waals surface area contributed by atoms with Gasteiger partial charge in [0.1, 0.15) is 5.54 Å². The Morgan fingerprint density at radius 3 is 2.39 bits per heavy atom. The second-order valence-corrected chi connectivity index (χ2v) is 5.33. The predicted octanol–water partition coefficient (Wildman–Crippen LogP) is 2.31. The Bertz CT molecular complexity index is 398. The number of rotatable bonds is 4. The topological polar surface area (TPSA) is 55.1 Å². The molecule has 1 aliphatic carbocycles. The summed E-state index contributed by atoms with van der Waals surface area (Å²) in [5.74, 6) is -0.306. The zero-order valence-electron chi connectivity index (χ0n) is 11.0. The maximum Gasteiger partial charge on any atom is 0.242 e. The summed E-state index contributed by atoms with van der Waals surface area (Å²) >= 11 is 0. The Labute approximate surface area is 109 Å². The van der Waals surface area contributed by atoms with Gasteiger partial charge in [0, 0.05) is 6.04 Å². The summed E-state index contributed by atoms with van der Waals surface area (Å²) in [5, 5.41) is 3.47. The van der Waals surface area contributed by atoms with Crippen LogP contribution in [-0.4, -0.2) is 11.9 Å². The van der Waals surface area contributed by atoms with Crippen molar-refractivity contribution in [2.24, 2.45) is 5.73 Å². The molecule has 1 aromatic rings. The third-order valence-electron chi connectivity index (χ3n) is 3.94. The summed E-state index contributed by atoms with van der Waals surface area (Å²) < 4.78 is 0. The van der Waals surface area contributed by atoms with Crippen molar-refractivity contribution in [3.8, 4) is 0 Å². The highest BCUT2D eigenvalue weighted by molar-refractivity contribution is 5.85. The first kappa shape index (κ1) is 13.1. The molecule has 0 aromatic heterocycles. The van der Waals surface area contributed by atoms with E-state index in [9.17, 15) is 4.79 Å². The zero-order chi connectivity index (χ0) is 13.0. The summed E-state index contributed by atoms with van der Waals surface area (Å²) in [7, 11) is 0. The molecule has 1 aliphatic rings. The summed E-state index contributed by atoms with van der Waals surface area (Å²) in [4.78, 5) is 11.9. The van der Waals surface area contributed by atoms with Crippen LogP contribution in [0.3, 0.4) is 0 Å². The SMILES string of the molecule is CC(NC1CCCCC1)(C(N)=O)c1ccccc1. The lowest BCUT2D eigenvalue weighted by molar-refractivity contribution is -0.124. The lowest BCUT2D eigenvalue weighted by Gasteiger charge is -2.34. The molecule has 18 heavy (non-hydrogen) atoms. The average Bonchev–Trinajstić information content (AvgIpc) is 2.40. The van der Waals surface area contributed by atoms with Gasteiger partial charge in [-0.3, -0.25) is 10.1 Å². The molecule has 1 atom stereocenters. The molecule has 0 heterocycles. The van der Waals surface area contributed by atoms with Crippen LogP contribution < -0.4 is 11.1 Å². The highest BCUT2D eigenvalue weighted by Gasteiger charge is 2.35. The van der Waals surface area contributed by atoms with Crippen LogP contribution in [0, 0.1) is 0 Å². The van der Waals surface area contributed by atoms with Crippen molar-refractivity contribution in [3.05, 3.63) is 35.9 Å². The molecule has 98 valence electrons. The van der Waals surface area contributed by atoms with Crippen molar-refractivity contribution in [3.63, 3.8) is 0 Å². The Kier molecular flexibility index (Phi) is 4.02. The minimum Gasteiger partial charge on any atom is -0.368 e. The number of amides is 1. The van der Waals surface area contributed by atoms with Gasteiger partial charge < -0.3 is 5.73 Å². The van der Waals surface area contributed by atoms with E-state index in [0.717, 1.165) is 18.4 Å². The Hall–Kier alpha value is -1.35. The van der Waals surface area contributed by atoms with E-state index in [0.29, 0.717) is 6.04 Å². The molecular formula is C15H22N2O. The van der Waals surface area contributed by atoms with Crippen LogP contribution in [0.4, 0.5) is 0 Å². The van der Waals surface area contributed by atoms with Gasteiger partial charge >= 0.3 is 0 Å². The number of nitrogens with one attached hydrogen (secondary N) is 1. The minimum absolute atomic E-state index is 0.306. The van der Waals surface area contributed by atoms with Crippen LogP contribution in [0.1, 0.15) is 44.6 Å². The maximum absolute atomic E-state index is 11.9. The van der Waals surface area contributed by atoms with E-state index in [4.69, 9.17) is 5.73 Å². The molecule has 3 nitrogen and oxygen atoms in total. The van der Waals surface area contributed by atoms with Gasteiger partial charge in [-0.05, 0) is 25.3 Å². The van der Waals surface area contributed by atoms with Gasteiger partial charge in [0.05, 0.1) is 0 Å². The minimum atomic E-state index is -0.761. The van der Waals surface area contributed by atoms with Gasteiger partial charge in [-0.1, -0.05) is 49.6 Å². The van der Waals surface area contributed by atoms with Crippen LogP contribution in [0.5, 0.6) is 0 Å². The van der Waals surface area contributed by atoms with Gasteiger partial charge in [-0.15, -0.1) is 0 Å². The van der Waals surface area contributed by atoms with Crippen LogP contribution in [0.15, 0.2) is 30.3 Å². The van der Waals surface area contributed by atoms with Crippen molar-refractivity contribution in [1.82, 2.24) is 5.32 Å². The lowest BCUT2D eigenvalue weighted by Crippen LogP contribution is -2.54. The Balaban J connectivity index is 2.19. The van der Waals surface area contributed by atoms with Crippen LogP contribution in [0.2, 0.25) is 0 Å². The predicted molar refractivity (Wildman–Crippen MR) is 73.0 cm³/mol. The standard InChI is InChI=1S/C15H22N2O/c1-15(14(16)18,12-8-4-2-5-9-12)17-13-10-6-3-7-11-13/h2,4-5,8-9,13,17H,3,6-7,10-11H2,1H3,(H2,16,18). The molecule has 0 radical (unpaired) electrons. The number of hydrogen-bond donors (Lipinski definition) is 2. The van der Waals surface area contributed by atoms with E-state index >= 15 is 0 Å². The van der Waals surface area contributed by atoms with E-state index in [1.807, 2.05) is 37.3 Å². The number of carbonyl (C=O) groups excluding carboxylic acids is 1. The molecule has 0 spiro atoms. The number of nitrogens with two attached hydrogens (primary N) is 1. The van der Waals surface area contributed by atoms with Gasteiger partial charge in [0.15, 0.2) is 0 Å². The molecule has 2 rings (SSSR count). The summed E-state index contributed by atoms with van der Waals surface area (Å²) in [6.45, 7) is 1.89. The van der Waals surface area contributed by atoms with E-state index in [2.05, 4.69) is 5.32 Å². The quantitative estimate of drug-likeness (QED) is 0.856. The molecular weight excluding hydrogens is 224 g/mol. The van der Waals surface area contributed by atoms with Crippen molar-refractivity contribution in [1.29, 1.82) is 0 Å². The first-order valence-corrected chi connectivity index (χ1v) is 6.76. The Morgan fingerprint density at radius 2 is 1.83 bits per heavy atom. The summed E-state index contributed by atoms with van der Waals surface area (Å²) in [6, 6.07) is 10.2. The molecule has 1 amide bonds. The molecule has 3 heteroatoms. The number of primary amides is 1. The van der Waals surface area contributed by atoms with Crippen molar-refractivity contribution in [2.45, 2.75) is 50.6 Å². The largest absolute Gasteiger partial charge is 0.368 e. The molecule has 1 saturated carbocycles. The third-order valence-corrected chi connectivity index (χ3v) is 3.94. The fraction of sp³-hybridized carbons (Fsp3) is 0.533. The zero-order valence-corrected chi connectivity index (χ0v) is 11.0. The van der Waals surface area contributed by atoms with Crippen molar-refractivity contribution >= 4 is 5.91 Å². The van der Waals surface area contributed by atoms with Gasteiger partial charge in [-0.2, -0.15) is 0 Å². The van der Waals surface area contributed by atoms with Crippen LogP contribution in [-0.2, 0) is 10.3 Å². The monoisotopic (exact) mass is 246 g/mol. The number of carbonyl (C=O) groups is 1. The normalized spacial score (nSPS) is 20.3. The number of hydrogen-bond acceptors (Lipinski definition) is 2. The van der Waals surface area contributed by atoms with Gasteiger partial charge in [0.25, 0.3) is 0 Å². The molecule has 1 fully saturated rings. The van der Waals surface area contributed by atoms with Crippen LogP contribution >= 0.6 is 0 Å². The molecule has 1 aromatic carbocycles. The molecule has 0 aliphatic heterocycles. The third kappa shape index (κ3) is 2.72. The summed E-state index contributed by atoms with van der Waals surface area (Å²) in [6.07, 6.45) is 6.05. The Morgan fingerprint density at radius 1 is 1.22 bits per heavy atom. The van der Waals surface area contributed by atoms with E-state index in [-0.39, 0.29) is 5.91 Å². The fourth-order valence-corrected chi connectivity index (χ4v) is 2.72. The van der Waals surface area contributed by atoms with Gasteiger partial charge in [0.2, 0.25) is 5.91 Å². The van der Waals surface area contributed by atoms with Gasteiger partial charge in [-0.25, -0.2) is 0 Å². The van der Waals surface area contributed by atoms with Crippen LogP contribution in [0.25, 0.3) is 0 Å². The fourth-order valence-electron chi connectivity index (χ4n) is 2.72. The van der Waals surface area contributed by atoms with E-state index < -0.39 is 5.54 Å². The highest BCUT2D eigenvalue weighted by Crippen LogP contribution is 2.25. The molecule has 3 N–H and O–H groups in total. The van der Waals surface area contributed by atoms with Crippen molar-refractivity contribution < 1.29 is 4.79 Å². The van der Waals surface area contributed by atoms with E-state index in [1.54, 1.807) is 0 Å². The van der Waals surface area contributed by atoms with E-state index in [1.165, 1.54) is 19.3 Å². The lowest BCUT2D eigenvalue weighted by atomic mass is 9.87.